The fourth-order valence-corrected chi connectivity index (χ4v) is 2.53. The van der Waals surface area contributed by atoms with Crippen LogP contribution in [0.15, 0.2) is 88.3 Å². The predicted octanol–water partition coefficient (Wildman–Crippen LogP) is 4.82. The third kappa shape index (κ3) is 2.21. The molecule has 2 heteroatoms. The molecule has 0 atom stereocenters. The van der Waals surface area contributed by atoms with Crippen LogP contribution >= 0.6 is 0 Å². The highest BCUT2D eigenvalue weighted by atomic mass is 16.3. The molecule has 2 nitrogen and oxygen atoms in total. The number of hydrogen-bond acceptors (Lipinski definition) is 2. The normalized spacial score (nSPS) is 12.1. The topological polar surface area (TPSA) is 25.5 Å². The van der Waals surface area contributed by atoms with Crippen molar-refractivity contribution in [3.05, 3.63) is 84.4 Å². The standard InChI is InChI=1S/C19H13NO/c1-2-7-15(8-3-1)20-19-13-11-17-16-9-5-4-6-14(16)10-12-18(17)21-19/h1-13H. The Hall–Kier alpha value is -2.87. The van der Waals surface area contributed by atoms with Crippen LogP contribution in [-0.4, -0.2) is 0 Å². The molecule has 0 unspecified atom stereocenters. The van der Waals surface area contributed by atoms with E-state index in [-0.39, 0.29) is 0 Å². The molecule has 0 aliphatic carbocycles. The lowest BCUT2D eigenvalue weighted by Gasteiger charge is -2.02. The van der Waals surface area contributed by atoms with E-state index >= 15 is 0 Å². The predicted molar refractivity (Wildman–Crippen MR) is 85.4 cm³/mol. The number of nitrogens with zero attached hydrogens (tertiary/aromatic N) is 1. The molecule has 0 aliphatic rings. The molecule has 0 saturated heterocycles. The molecule has 3 aromatic carbocycles. The van der Waals surface area contributed by atoms with Gasteiger partial charge in [-0.15, -0.1) is 0 Å². The van der Waals surface area contributed by atoms with Gasteiger partial charge >= 0.3 is 0 Å². The van der Waals surface area contributed by atoms with Gasteiger partial charge in [-0.2, -0.15) is 0 Å². The Balaban J connectivity index is 1.95. The molecule has 1 aromatic heterocycles. The van der Waals surface area contributed by atoms with Crippen LogP contribution in [0.4, 0.5) is 5.69 Å². The molecule has 4 rings (SSSR count). The van der Waals surface area contributed by atoms with E-state index in [1.165, 1.54) is 10.8 Å². The number of fused-ring (bicyclic) bond motifs is 3. The summed E-state index contributed by atoms with van der Waals surface area (Å²) in [6.45, 7) is 0. The summed E-state index contributed by atoms with van der Waals surface area (Å²) in [7, 11) is 0. The Morgan fingerprint density at radius 3 is 2.33 bits per heavy atom. The van der Waals surface area contributed by atoms with Gasteiger partial charge in [0, 0.05) is 11.5 Å². The van der Waals surface area contributed by atoms with Crippen molar-refractivity contribution in [1.82, 2.24) is 0 Å². The highest BCUT2D eigenvalue weighted by Gasteiger charge is 2.01. The number of para-hydroxylation sites is 1. The SMILES string of the molecule is c1ccc(N=c2ccc3c(ccc4ccccc43)o2)cc1. The van der Waals surface area contributed by atoms with Crippen molar-refractivity contribution in [2.75, 3.05) is 0 Å². The summed E-state index contributed by atoms with van der Waals surface area (Å²) in [6, 6.07) is 26.2. The molecular weight excluding hydrogens is 258 g/mol. The molecule has 21 heavy (non-hydrogen) atoms. The third-order valence-corrected chi connectivity index (χ3v) is 3.53. The largest absolute Gasteiger partial charge is 0.438 e. The maximum Gasteiger partial charge on any atom is 0.219 e. The van der Waals surface area contributed by atoms with Crippen molar-refractivity contribution >= 4 is 27.4 Å². The second-order valence-electron chi connectivity index (χ2n) is 4.92. The summed E-state index contributed by atoms with van der Waals surface area (Å²) in [6.07, 6.45) is 0. The average Bonchev–Trinajstić information content (AvgIpc) is 2.55. The first kappa shape index (κ1) is 11.9. The van der Waals surface area contributed by atoms with E-state index in [0.29, 0.717) is 5.55 Å². The van der Waals surface area contributed by atoms with Gasteiger partial charge < -0.3 is 4.42 Å². The molecule has 0 N–H and O–H groups in total. The van der Waals surface area contributed by atoms with E-state index in [4.69, 9.17) is 4.42 Å². The number of benzene rings is 3. The van der Waals surface area contributed by atoms with Crippen molar-refractivity contribution < 1.29 is 4.42 Å². The smallest absolute Gasteiger partial charge is 0.219 e. The third-order valence-electron chi connectivity index (χ3n) is 3.53. The monoisotopic (exact) mass is 271 g/mol. The van der Waals surface area contributed by atoms with Crippen molar-refractivity contribution in [1.29, 1.82) is 0 Å². The van der Waals surface area contributed by atoms with Gasteiger partial charge in [-0.3, -0.25) is 0 Å². The minimum atomic E-state index is 0.615. The lowest BCUT2D eigenvalue weighted by atomic mass is 10.1. The molecule has 0 fully saturated rings. The summed E-state index contributed by atoms with van der Waals surface area (Å²) in [4.78, 5) is 4.50. The van der Waals surface area contributed by atoms with Gasteiger partial charge in [0.15, 0.2) is 0 Å². The first-order chi connectivity index (χ1) is 10.4. The molecule has 0 radical (unpaired) electrons. The Morgan fingerprint density at radius 2 is 1.43 bits per heavy atom. The van der Waals surface area contributed by atoms with Crippen LogP contribution < -0.4 is 5.55 Å². The van der Waals surface area contributed by atoms with Gasteiger partial charge in [0.25, 0.3) is 0 Å². The molecule has 0 amide bonds. The van der Waals surface area contributed by atoms with Crippen LogP contribution in [0.2, 0.25) is 0 Å². The lowest BCUT2D eigenvalue weighted by molar-refractivity contribution is 0.545. The number of hydrogen-bond donors (Lipinski definition) is 0. The van der Waals surface area contributed by atoms with E-state index in [2.05, 4.69) is 29.3 Å². The molecule has 0 saturated carbocycles. The molecule has 1 heterocycles. The van der Waals surface area contributed by atoms with Crippen molar-refractivity contribution in [3.8, 4) is 0 Å². The Labute approximate surface area is 122 Å². The van der Waals surface area contributed by atoms with Crippen LogP contribution in [-0.2, 0) is 0 Å². The van der Waals surface area contributed by atoms with Gasteiger partial charge in [-0.25, -0.2) is 4.99 Å². The highest BCUT2D eigenvalue weighted by molar-refractivity contribution is 6.05. The van der Waals surface area contributed by atoms with Crippen LogP contribution in [0.1, 0.15) is 0 Å². The van der Waals surface area contributed by atoms with Crippen LogP contribution in [0.3, 0.4) is 0 Å². The molecule has 100 valence electrons. The average molecular weight is 271 g/mol. The molecular formula is C19H13NO. The zero-order valence-corrected chi connectivity index (χ0v) is 11.4. The molecule has 4 aromatic rings. The van der Waals surface area contributed by atoms with Crippen molar-refractivity contribution in [2.45, 2.75) is 0 Å². The van der Waals surface area contributed by atoms with Gasteiger partial charge in [0.1, 0.15) is 5.58 Å². The maximum atomic E-state index is 5.91. The Bertz CT molecular complexity index is 984. The minimum Gasteiger partial charge on any atom is -0.438 e. The zero-order valence-electron chi connectivity index (χ0n) is 11.4. The van der Waals surface area contributed by atoms with E-state index in [1.807, 2.05) is 54.6 Å². The van der Waals surface area contributed by atoms with Crippen molar-refractivity contribution in [2.24, 2.45) is 4.99 Å². The second kappa shape index (κ2) is 4.91. The van der Waals surface area contributed by atoms with Crippen LogP contribution in [0.5, 0.6) is 0 Å². The first-order valence-corrected chi connectivity index (χ1v) is 6.91. The lowest BCUT2D eigenvalue weighted by Crippen LogP contribution is -1.98. The van der Waals surface area contributed by atoms with E-state index < -0.39 is 0 Å². The minimum absolute atomic E-state index is 0.615. The number of rotatable bonds is 1. The Morgan fingerprint density at radius 1 is 0.619 bits per heavy atom. The van der Waals surface area contributed by atoms with Gasteiger partial charge in [0.2, 0.25) is 5.55 Å². The van der Waals surface area contributed by atoms with Crippen LogP contribution in [0.25, 0.3) is 21.7 Å². The summed E-state index contributed by atoms with van der Waals surface area (Å²) < 4.78 is 5.91. The summed E-state index contributed by atoms with van der Waals surface area (Å²) >= 11 is 0. The molecule has 0 bridgehead atoms. The van der Waals surface area contributed by atoms with Gasteiger partial charge in [-0.05, 0) is 35.0 Å². The fourth-order valence-electron chi connectivity index (χ4n) is 2.53. The summed E-state index contributed by atoms with van der Waals surface area (Å²) in [5.74, 6) is 0. The van der Waals surface area contributed by atoms with E-state index in [0.717, 1.165) is 16.7 Å². The van der Waals surface area contributed by atoms with Gasteiger partial charge in [-0.1, -0.05) is 48.5 Å². The maximum absolute atomic E-state index is 5.91. The zero-order chi connectivity index (χ0) is 14.1. The molecule has 0 spiro atoms. The Kier molecular flexibility index (Phi) is 2.79. The second-order valence-corrected chi connectivity index (χ2v) is 4.92. The summed E-state index contributed by atoms with van der Waals surface area (Å²) in [5.41, 5.74) is 2.36. The fraction of sp³-hybridized carbons (Fsp3) is 0. The van der Waals surface area contributed by atoms with Gasteiger partial charge in [0.05, 0.1) is 5.69 Å². The highest BCUT2D eigenvalue weighted by Crippen LogP contribution is 2.23. The summed E-state index contributed by atoms with van der Waals surface area (Å²) in [5, 5.41) is 3.53. The quantitative estimate of drug-likeness (QED) is 0.456. The first-order valence-electron chi connectivity index (χ1n) is 6.91. The van der Waals surface area contributed by atoms with Crippen LogP contribution in [0, 0.1) is 0 Å². The van der Waals surface area contributed by atoms with E-state index in [9.17, 15) is 0 Å². The molecule has 0 aliphatic heterocycles. The van der Waals surface area contributed by atoms with E-state index in [1.54, 1.807) is 0 Å². The van der Waals surface area contributed by atoms with Crippen molar-refractivity contribution in [3.63, 3.8) is 0 Å².